The molecule has 0 amide bonds. The number of hydrogen-bond donors (Lipinski definition) is 0. The molecule has 2 aliphatic carbocycles. The van der Waals surface area contributed by atoms with Gasteiger partial charge in [-0.25, -0.2) is 0 Å². The van der Waals surface area contributed by atoms with Gasteiger partial charge in [0.05, 0.1) is 0 Å². The largest absolute Gasteiger partial charge is 0.300 e. The van der Waals surface area contributed by atoms with E-state index in [2.05, 4.69) is 32.0 Å². The van der Waals surface area contributed by atoms with E-state index in [1.165, 1.54) is 23.1 Å². The zero-order valence-electron chi connectivity index (χ0n) is 10.8. The Hall–Kier alpha value is -1.11. The van der Waals surface area contributed by atoms with E-state index in [4.69, 9.17) is 0 Å². The highest BCUT2D eigenvalue weighted by Crippen LogP contribution is 2.48. The summed E-state index contributed by atoms with van der Waals surface area (Å²) in [6.07, 6.45) is 4.99. The molecule has 17 heavy (non-hydrogen) atoms. The van der Waals surface area contributed by atoms with E-state index >= 15 is 0 Å². The minimum absolute atomic E-state index is 0.259. The molecule has 1 heteroatoms. The van der Waals surface area contributed by atoms with Crippen molar-refractivity contribution in [1.29, 1.82) is 0 Å². The second-order valence-corrected chi connectivity index (χ2v) is 6.06. The third-order valence-electron chi connectivity index (χ3n) is 4.94. The van der Waals surface area contributed by atoms with Crippen molar-refractivity contribution in [3.05, 3.63) is 34.9 Å². The molecule has 0 heterocycles. The van der Waals surface area contributed by atoms with Crippen molar-refractivity contribution in [3.63, 3.8) is 0 Å². The molecule has 1 aromatic carbocycles. The first-order valence-corrected chi connectivity index (χ1v) is 6.71. The fourth-order valence-electron chi connectivity index (χ4n) is 3.80. The van der Waals surface area contributed by atoms with E-state index in [0.717, 1.165) is 25.7 Å². The zero-order chi connectivity index (χ0) is 12.0. The molecule has 1 nitrogen and oxygen atoms in total. The first-order valence-electron chi connectivity index (χ1n) is 6.71. The summed E-state index contributed by atoms with van der Waals surface area (Å²) in [5.41, 5.74) is 4.66. The SMILES string of the molecule is Cc1ccc2c(c1)CC[C@@H]1CC(=O)CC[C@@]21C. The molecule has 0 unspecified atom stereocenters. The van der Waals surface area contributed by atoms with Crippen molar-refractivity contribution in [2.75, 3.05) is 0 Å². The molecule has 1 saturated carbocycles. The second-order valence-electron chi connectivity index (χ2n) is 6.06. The standard InChI is InChI=1S/C16H20O/c1-11-3-6-15-12(9-11)4-5-13-10-14(17)7-8-16(13,15)2/h3,6,9,13H,4-5,7-8,10H2,1-2H3/t13-,16-/m1/s1. The smallest absolute Gasteiger partial charge is 0.133 e. The third kappa shape index (κ3) is 1.64. The summed E-state index contributed by atoms with van der Waals surface area (Å²) in [7, 11) is 0. The first-order chi connectivity index (χ1) is 8.09. The number of benzene rings is 1. The van der Waals surface area contributed by atoms with Gasteiger partial charge in [0.1, 0.15) is 5.78 Å². The van der Waals surface area contributed by atoms with Gasteiger partial charge < -0.3 is 0 Å². The number of Topliss-reactive ketones (excluding diaryl/α,β-unsaturated/α-hetero) is 1. The van der Waals surface area contributed by atoms with Crippen molar-refractivity contribution in [3.8, 4) is 0 Å². The highest BCUT2D eigenvalue weighted by molar-refractivity contribution is 5.80. The van der Waals surface area contributed by atoms with Crippen LogP contribution in [0.25, 0.3) is 0 Å². The Morgan fingerprint density at radius 3 is 2.94 bits per heavy atom. The molecule has 0 bridgehead atoms. The van der Waals surface area contributed by atoms with Crippen LogP contribution < -0.4 is 0 Å². The lowest BCUT2D eigenvalue weighted by Crippen LogP contribution is -2.41. The van der Waals surface area contributed by atoms with E-state index < -0.39 is 0 Å². The Bertz CT molecular complexity index is 474. The van der Waals surface area contributed by atoms with Gasteiger partial charge >= 0.3 is 0 Å². The molecule has 3 rings (SSSR count). The highest BCUT2D eigenvalue weighted by atomic mass is 16.1. The van der Waals surface area contributed by atoms with Gasteiger partial charge in [0.2, 0.25) is 0 Å². The monoisotopic (exact) mass is 228 g/mol. The Morgan fingerprint density at radius 1 is 1.29 bits per heavy atom. The zero-order valence-corrected chi connectivity index (χ0v) is 10.8. The number of carbonyl (C=O) groups excluding carboxylic acids is 1. The minimum atomic E-state index is 0.259. The molecule has 0 spiro atoms. The minimum Gasteiger partial charge on any atom is -0.300 e. The normalized spacial score (nSPS) is 31.9. The van der Waals surface area contributed by atoms with Crippen LogP contribution in [0.5, 0.6) is 0 Å². The average Bonchev–Trinajstić information content (AvgIpc) is 2.30. The number of carbonyl (C=O) groups is 1. The van der Waals surface area contributed by atoms with Crippen LogP contribution in [0.3, 0.4) is 0 Å². The fraction of sp³-hybridized carbons (Fsp3) is 0.562. The van der Waals surface area contributed by atoms with Crippen LogP contribution >= 0.6 is 0 Å². The average molecular weight is 228 g/mol. The van der Waals surface area contributed by atoms with E-state index in [-0.39, 0.29) is 5.41 Å². The summed E-state index contributed by atoms with van der Waals surface area (Å²) in [6, 6.07) is 6.88. The maximum atomic E-state index is 11.6. The summed E-state index contributed by atoms with van der Waals surface area (Å²) >= 11 is 0. The molecule has 90 valence electrons. The molecule has 0 radical (unpaired) electrons. The molecule has 0 N–H and O–H groups in total. The Kier molecular flexibility index (Phi) is 2.39. The molecule has 0 saturated heterocycles. The number of hydrogen-bond acceptors (Lipinski definition) is 1. The third-order valence-corrected chi connectivity index (χ3v) is 4.94. The van der Waals surface area contributed by atoms with Crippen molar-refractivity contribution in [1.82, 2.24) is 0 Å². The molecule has 1 aromatic rings. The van der Waals surface area contributed by atoms with Gasteiger partial charge in [0, 0.05) is 12.8 Å². The van der Waals surface area contributed by atoms with E-state index in [1.807, 2.05) is 0 Å². The summed E-state index contributed by atoms with van der Waals surface area (Å²) in [5.74, 6) is 1.06. The van der Waals surface area contributed by atoms with Crippen LogP contribution in [-0.4, -0.2) is 5.78 Å². The van der Waals surface area contributed by atoms with Gasteiger partial charge in [0.25, 0.3) is 0 Å². The predicted molar refractivity (Wildman–Crippen MR) is 69.2 cm³/mol. The lowest BCUT2D eigenvalue weighted by Gasteiger charge is -2.46. The summed E-state index contributed by atoms with van der Waals surface area (Å²) in [5, 5.41) is 0. The van der Waals surface area contributed by atoms with E-state index in [1.54, 1.807) is 0 Å². The summed E-state index contributed by atoms with van der Waals surface area (Å²) < 4.78 is 0. The first kappa shape index (κ1) is 11.0. The lowest BCUT2D eigenvalue weighted by atomic mass is 9.58. The highest BCUT2D eigenvalue weighted by Gasteiger charge is 2.43. The van der Waals surface area contributed by atoms with Crippen molar-refractivity contribution in [2.45, 2.75) is 51.4 Å². The summed E-state index contributed by atoms with van der Waals surface area (Å²) in [6.45, 7) is 4.54. The maximum absolute atomic E-state index is 11.6. The van der Waals surface area contributed by atoms with Gasteiger partial charge in [-0.15, -0.1) is 0 Å². The molecular formula is C16H20O. The van der Waals surface area contributed by atoms with Crippen LogP contribution in [0.15, 0.2) is 18.2 Å². The van der Waals surface area contributed by atoms with E-state index in [9.17, 15) is 4.79 Å². The number of aryl methyl sites for hydroxylation is 2. The molecule has 1 fully saturated rings. The molecule has 2 atom stereocenters. The Labute approximate surface area is 103 Å². The second kappa shape index (κ2) is 3.69. The van der Waals surface area contributed by atoms with Crippen molar-refractivity contribution < 1.29 is 4.79 Å². The number of fused-ring (bicyclic) bond motifs is 3. The van der Waals surface area contributed by atoms with E-state index in [0.29, 0.717) is 11.7 Å². The maximum Gasteiger partial charge on any atom is 0.133 e. The fourth-order valence-corrected chi connectivity index (χ4v) is 3.80. The van der Waals surface area contributed by atoms with Crippen LogP contribution in [-0.2, 0) is 16.6 Å². The lowest BCUT2D eigenvalue weighted by molar-refractivity contribution is -0.123. The van der Waals surface area contributed by atoms with Crippen molar-refractivity contribution >= 4 is 5.78 Å². The predicted octanol–water partition coefficient (Wildman–Crippen LogP) is 3.57. The van der Waals surface area contributed by atoms with Crippen molar-refractivity contribution in [2.24, 2.45) is 5.92 Å². The van der Waals surface area contributed by atoms with Crippen LogP contribution in [0.4, 0.5) is 0 Å². The quantitative estimate of drug-likeness (QED) is 0.663. The molecule has 0 aromatic heterocycles. The molecule has 2 aliphatic rings. The van der Waals surface area contributed by atoms with Crippen LogP contribution in [0.2, 0.25) is 0 Å². The Balaban J connectivity index is 2.07. The molecule has 0 aliphatic heterocycles. The Morgan fingerprint density at radius 2 is 2.12 bits per heavy atom. The topological polar surface area (TPSA) is 17.1 Å². The van der Waals surface area contributed by atoms with Gasteiger partial charge in [-0.05, 0) is 48.6 Å². The van der Waals surface area contributed by atoms with Gasteiger partial charge in [-0.2, -0.15) is 0 Å². The number of rotatable bonds is 0. The van der Waals surface area contributed by atoms with Gasteiger partial charge in [0.15, 0.2) is 0 Å². The number of ketones is 1. The van der Waals surface area contributed by atoms with Gasteiger partial charge in [-0.3, -0.25) is 4.79 Å². The summed E-state index contributed by atoms with van der Waals surface area (Å²) in [4.78, 5) is 11.6. The van der Waals surface area contributed by atoms with Gasteiger partial charge in [-0.1, -0.05) is 30.7 Å². The molecular weight excluding hydrogens is 208 g/mol. The van der Waals surface area contributed by atoms with Crippen LogP contribution in [0.1, 0.15) is 49.3 Å². The van der Waals surface area contributed by atoms with Crippen LogP contribution in [0, 0.1) is 12.8 Å².